The summed E-state index contributed by atoms with van der Waals surface area (Å²) in [6.45, 7) is 0. The molecule has 2 atom stereocenters. The topological polar surface area (TPSA) is 54.4 Å². The summed E-state index contributed by atoms with van der Waals surface area (Å²) in [7, 11) is -2.97. The molecule has 2 fully saturated rings. The Morgan fingerprint density at radius 1 is 1.05 bits per heavy atom. The lowest BCUT2D eigenvalue weighted by Crippen LogP contribution is -2.51. The summed E-state index contributed by atoms with van der Waals surface area (Å²) in [6.07, 6.45) is 7.17. The summed E-state index contributed by atoms with van der Waals surface area (Å²) in [6, 6.07) is 10.4. The summed E-state index contributed by atoms with van der Waals surface area (Å²) in [4.78, 5) is 0. The van der Waals surface area contributed by atoms with Crippen LogP contribution in [0.15, 0.2) is 30.3 Å². The van der Waals surface area contributed by atoms with Crippen LogP contribution in [0.5, 0.6) is 0 Å². The van der Waals surface area contributed by atoms with Crippen molar-refractivity contribution < 1.29 is 13.5 Å². The molecule has 0 aromatic heterocycles. The van der Waals surface area contributed by atoms with Gasteiger partial charge in [0.25, 0.3) is 0 Å². The lowest BCUT2D eigenvalue weighted by Gasteiger charge is -2.44. The third-order valence-corrected chi connectivity index (χ3v) is 8.06. The van der Waals surface area contributed by atoms with Gasteiger partial charge in [-0.25, -0.2) is 8.42 Å². The fourth-order valence-electron chi connectivity index (χ4n) is 4.17. The molecule has 2 saturated heterocycles. The van der Waals surface area contributed by atoms with Crippen molar-refractivity contribution in [3.63, 3.8) is 0 Å². The van der Waals surface area contributed by atoms with Crippen LogP contribution >= 0.6 is 0 Å². The molecule has 1 aromatic carbocycles. The van der Waals surface area contributed by atoms with E-state index in [0.29, 0.717) is 12.8 Å². The van der Waals surface area contributed by atoms with E-state index in [-0.39, 0.29) is 10.5 Å². The highest BCUT2D eigenvalue weighted by atomic mass is 32.2. The van der Waals surface area contributed by atoms with Gasteiger partial charge in [-0.2, -0.15) is 0 Å². The maximum absolute atomic E-state index is 12.3. The maximum Gasteiger partial charge on any atom is 0.156 e. The number of rotatable bonds is 5. The van der Waals surface area contributed by atoms with Crippen molar-refractivity contribution in [1.29, 1.82) is 0 Å². The second-order valence-corrected chi connectivity index (χ2v) is 9.60. The highest BCUT2D eigenvalue weighted by molar-refractivity contribution is 7.92. The minimum atomic E-state index is -2.97. The minimum Gasteiger partial charge on any atom is -0.390 e. The van der Waals surface area contributed by atoms with Crippen LogP contribution in [0.4, 0.5) is 0 Å². The molecule has 0 saturated carbocycles. The molecule has 2 heterocycles. The third-order valence-electron chi connectivity index (χ3n) is 5.40. The molecule has 1 N–H and O–H groups in total. The van der Waals surface area contributed by atoms with Crippen LogP contribution in [-0.4, -0.2) is 29.6 Å². The Bertz CT molecular complexity index is 574. The highest BCUT2D eigenvalue weighted by Crippen LogP contribution is 2.43. The molecule has 0 radical (unpaired) electrons. The predicted octanol–water partition coefficient (Wildman–Crippen LogP) is 3.26. The lowest BCUT2D eigenvalue weighted by atomic mass is 9.82. The van der Waals surface area contributed by atoms with Crippen molar-refractivity contribution in [2.24, 2.45) is 0 Å². The molecule has 2 unspecified atom stereocenters. The van der Waals surface area contributed by atoms with Crippen LogP contribution in [0, 0.1) is 0 Å². The van der Waals surface area contributed by atoms with Crippen molar-refractivity contribution in [2.75, 3.05) is 0 Å². The lowest BCUT2D eigenvalue weighted by molar-refractivity contribution is -0.000401. The first kappa shape index (κ1) is 16.0. The third kappa shape index (κ3) is 3.38. The van der Waals surface area contributed by atoms with Crippen LogP contribution in [0.25, 0.3) is 0 Å². The van der Waals surface area contributed by atoms with Gasteiger partial charge in [-0.3, -0.25) is 0 Å². The van der Waals surface area contributed by atoms with Gasteiger partial charge in [0.15, 0.2) is 9.84 Å². The Hall–Kier alpha value is -0.870. The quantitative estimate of drug-likeness (QED) is 0.847. The monoisotopic (exact) mass is 322 g/mol. The highest BCUT2D eigenvalue weighted by Gasteiger charge is 2.49. The van der Waals surface area contributed by atoms with Crippen LogP contribution in [0.3, 0.4) is 0 Å². The first-order valence-corrected chi connectivity index (χ1v) is 10.1. The molecule has 3 rings (SSSR count). The van der Waals surface area contributed by atoms with Gasteiger partial charge < -0.3 is 5.11 Å². The largest absolute Gasteiger partial charge is 0.390 e. The fourth-order valence-corrected chi connectivity index (χ4v) is 6.79. The molecule has 122 valence electrons. The molecule has 1 aromatic rings. The molecule has 2 aliphatic heterocycles. The zero-order valence-corrected chi connectivity index (χ0v) is 13.9. The molecule has 0 aliphatic carbocycles. The van der Waals surface area contributed by atoms with Gasteiger partial charge in [-0.15, -0.1) is 0 Å². The van der Waals surface area contributed by atoms with Crippen LogP contribution < -0.4 is 0 Å². The van der Waals surface area contributed by atoms with Crippen LogP contribution in [-0.2, 0) is 16.3 Å². The van der Waals surface area contributed by atoms with Crippen LogP contribution in [0.1, 0.15) is 56.9 Å². The average Bonchev–Trinajstić information content (AvgIpc) is 2.47. The van der Waals surface area contributed by atoms with E-state index in [4.69, 9.17) is 0 Å². The zero-order valence-electron chi connectivity index (χ0n) is 13.1. The molecule has 3 nitrogen and oxygen atoms in total. The number of aryl methyl sites for hydroxylation is 1. The summed E-state index contributed by atoms with van der Waals surface area (Å²) >= 11 is 0. The Labute approximate surface area is 133 Å². The van der Waals surface area contributed by atoms with Gasteiger partial charge >= 0.3 is 0 Å². The summed E-state index contributed by atoms with van der Waals surface area (Å²) in [5, 5.41) is 10.3. The molecular formula is C18H26O3S. The molecule has 0 amide bonds. The van der Waals surface area contributed by atoms with Gasteiger partial charge in [0.2, 0.25) is 0 Å². The second-order valence-electron chi connectivity index (χ2n) is 7.09. The number of hydrogen-bond donors (Lipinski definition) is 1. The number of unbranched alkanes of at least 4 members (excludes halogenated alkanes) is 1. The fraction of sp³-hybridized carbons (Fsp3) is 0.667. The predicted molar refractivity (Wildman–Crippen MR) is 88.5 cm³/mol. The SMILES string of the molecule is O=S1(=O)C2CCCC1CC(O)(CCCCc1ccccc1)C2. The summed E-state index contributed by atoms with van der Waals surface area (Å²) < 4.78 is 24.6. The molecule has 2 bridgehead atoms. The normalized spacial score (nSPS) is 33.5. The molecular weight excluding hydrogens is 296 g/mol. The van der Waals surface area contributed by atoms with E-state index in [1.54, 1.807) is 0 Å². The van der Waals surface area contributed by atoms with Gasteiger partial charge in [-0.1, -0.05) is 43.2 Å². The number of aliphatic hydroxyl groups is 1. The summed E-state index contributed by atoms with van der Waals surface area (Å²) in [5.74, 6) is 0. The van der Waals surface area contributed by atoms with E-state index in [1.807, 2.05) is 6.07 Å². The van der Waals surface area contributed by atoms with Crippen LogP contribution in [0.2, 0.25) is 0 Å². The number of hydrogen-bond acceptors (Lipinski definition) is 3. The van der Waals surface area contributed by atoms with Crippen molar-refractivity contribution in [1.82, 2.24) is 0 Å². The first-order valence-electron chi connectivity index (χ1n) is 8.49. The van der Waals surface area contributed by atoms with E-state index < -0.39 is 15.4 Å². The van der Waals surface area contributed by atoms with Gasteiger partial charge in [0.1, 0.15) is 0 Å². The van der Waals surface area contributed by atoms with Gasteiger partial charge in [0.05, 0.1) is 16.1 Å². The Balaban J connectivity index is 1.52. The van der Waals surface area contributed by atoms with Crippen molar-refractivity contribution >= 4 is 9.84 Å². The smallest absolute Gasteiger partial charge is 0.156 e. The maximum atomic E-state index is 12.3. The van der Waals surface area contributed by atoms with Crippen molar-refractivity contribution in [2.45, 2.75) is 73.9 Å². The Morgan fingerprint density at radius 2 is 1.68 bits per heavy atom. The molecule has 2 aliphatic rings. The Morgan fingerprint density at radius 3 is 2.32 bits per heavy atom. The van der Waals surface area contributed by atoms with E-state index >= 15 is 0 Å². The second kappa shape index (κ2) is 6.32. The molecule has 4 heteroatoms. The summed E-state index contributed by atoms with van der Waals surface area (Å²) in [5.41, 5.74) is 0.579. The zero-order chi connectivity index (χ0) is 15.6. The number of fused-ring (bicyclic) bond motifs is 2. The van der Waals surface area contributed by atoms with E-state index in [2.05, 4.69) is 24.3 Å². The van der Waals surface area contributed by atoms with E-state index in [9.17, 15) is 13.5 Å². The minimum absolute atomic E-state index is 0.292. The number of benzene rings is 1. The van der Waals surface area contributed by atoms with Crippen molar-refractivity contribution in [3.8, 4) is 0 Å². The van der Waals surface area contributed by atoms with Gasteiger partial charge in [-0.05, 0) is 50.5 Å². The van der Waals surface area contributed by atoms with Gasteiger partial charge in [0, 0.05) is 0 Å². The average molecular weight is 322 g/mol. The standard InChI is InChI=1S/C18H26O3S/c19-18(12-5-4-9-15-7-2-1-3-8-15)13-16-10-6-11-17(14-18)22(16,20)21/h1-3,7-8,16-17,19H,4-6,9-14H2. The number of sulfone groups is 1. The molecule has 22 heavy (non-hydrogen) atoms. The first-order chi connectivity index (χ1) is 10.5. The molecule has 0 spiro atoms. The van der Waals surface area contributed by atoms with Crippen molar-refractivity contribution in [3.05, 3.63) is 35.9 Å². The van der Waals surface area contributed by atoms with E-state index in [1.165, 1.54) is 5.56 Å². The Kier molecular flexibility index (Phi) is 4.60. The van der Waals surface area contributed by atoms with E-state index in [0.717, 1.165) is 44.9 Å².